The highest BCUT2D eigenvalue weighted by Crippen LogP contribution is 2.27. The molecule has 4 heteroatoms. The molecule has 1 aliphatic carbocycles. The van der Waals surface area contributed by atoms with E-state index in [-0.39, 0.29) is 5.91 Å². The minimum Gasteiger partial charge on any atom is -0.352 e. The summed E-state index contributed by atoms with van der Waals surface area (Å²) in [5.41, 5.74) is 1.57. The maximum absolute atomic E-state index is 11.9. The summed E-state index contributed by atoms with van der Waals surface area (Å²) >= 11 is 0. The number of nitrogens with one attached hydrogen (secondary N) is 1. The molecule has 92 valence electrons. The quantitative estimate of drug-likeness (QED) is 0.890. The first-order chi connectivity index (χ1) is 8.83. The van der Waals surface area contributed by atoms with Gasteiger partial charge in [-0.3, -0.25) is 4.79 Å². The largest absolute Gasteiger partial charge is 0.352 e. The van der Waals surface area contributed by atoms with Crippen molar-refractivity contribution in [2.75, 3.05) is 6.54 Å². The average Bonchev–Trinajstić information content (AvgIpc) is 3.11. The van der Waals surface area contributed by atoms with Crippen LogP contribution in [0.4, 0.5) is 0 Å². The first kappa shape index (κ1) is 11.0. The van der Waals surface area contributed by atoms with Crippen molar-refractivity contribution >= 4 is 5.91 Å². The molecule has 1 aromatic heterocycles. The van der Waals surface area contributed by atoms with E-state index >= 15 is 0 Å². The summed E-state index contributed by atoms with van der Waals surface area (Å²) in [4.78, 5) is 11.9. The summed E-state index contributed by atoms with van der Waals surface area (Å²) in [5, 5.41) is 7.14. The molecule has 4 nitrogen and oxygen atoms in total. The Labute approximate surface area is 106 Å². The monoisotopic (exact) mass is 241 g/mol. The number of rotatable bonds is 4. The number of nitrogens with zero attached hydrogens (tertiary/aromatic N) is 2. The van der Waals surface area contributed by atoms with Crippen LogP contribution in [0.15, 0.2) is 42.7 Å². The van der Waals surface area contributed by atoms with Crippen LogP contribution in [-0.2, 0) is 0 Å². The Balaban J connectivity index is 1.70. The Kier molecular flexibility index (Phi) is 2.84. The summed E-state index contributed by atoms with van der Waals surface area (Å²) in [7, 11) is 0. The van der Waals surface area contributed by atoms with Crippen LogP contribution >= 0.6 is 0 Å². The molecule has 0 aliphatic heterocycles. The van der Waals surface area contributed by atoms with E-state index in [0.717, 1.165) is 12.2 Å². The summed E-state index contributed by atoms with van der Waals surface area (Å²) in [5.74, 6) is 0.655. The Bertz CT molecular complexity index is 543. The summed E-state index contributed by atoms with van der Waals surface area (Å²) < 4.78 is 1.71. The minimum atomic E-state index is -0.0379. The topological polar surface area (TPSA) is 46.9 Å². The number of hydrogen-bond acceptors (Lipinski definition) is 2. The van der Waals surface area contributed by atoms with Gasteiger partial charge in [-0.1, -0.05) is 18.2 Å². The van der Waals surface area contributed by atoms with E-state index < -0.39 is 0 Å². The van der Waals surface area contributed by atoms with Crippen LogP contribution in [0.2, 0.25) is 0 Å². The van der Waals surface area contributed by atoms with Gasteiger partial charge in [-0.25, -0.2) is 4.68 Å². The summed E-state index contributed by atoms with van der Waals surface area (Å²) in [6, 6.07) is 9.77. The van der Waals surface area contributed by atoms with E-state index in [9.17, 15) is 4.79 Å². The van der Waals surface area contributed by atoms with Gasteiger partial charge in [-0.2, -0.15) is 5.10 Å². The smallest absolute Gasteiger partial charge is 0.254 e. The molecular weight excluding hydrogens is 226 g/mol. The van der Waals surface area contributed by atoms with Gasteiger partial charge in [0.1, 0.15) is 0 Å². The highest BCUT2D eigenvalue weighted by molar-refractivity contribution is 5.93. The van der Waals surface area contributed by atoms with Gasteiger partial charge in [-0.15, -0.1) is 0 Å². The molecule has 0 radical (unpaired) electrons. The number of aromatic nitrogens is 2. The van der Waals surface area contributed by atoms with Crippen LogP contribution in [0.3, 0.4) is 0 Å². The molecule has 1 aromatic carbocycles. The molecule has 1 aliphatic rings. The molecule has 1 heterocycles. The molecule has 0 saturated heterocycles. The number of para-hydroxylation sites is 1. The van der Waals surface area contributed by atoms with Crippen molar-refractivity contribution in [3.63, 3.8) is 0 Å². The predicted molar refractivity (Wildman–Crippen MR) is 68.6 cm³/mol. The molecule has 1 saturated carbocycles. The van der Waals surface area contributed by atoms with E-state index in [1.807, 2.05) is 30.3 Å². The van der Waals surface area contributed by atoms with Crippen LogP contribution in [0, 0.1) is 5.92 Å². The second-order valence-electron chi connectivity index (χ2n) is 4.66. The zero-order valence-corrected chi connectivity index (χ0v) is 10.0. The third kappa shape index (κ3) is 2.42. The highest BCUT2D eigenvalue weighted by Gasteiger charge is 2.22. The van der Waals surface area contributed by atoms with Gasteiger partial charge in [0.25, 0.3) is 5.91 Å². The lowest BCUT2D eigenvalue weighted by Crippen LogP contribution is -2.25. The molecule has 0 unspecified atom stereocenters. The van der Waals surface area contributed by atoms with Crippen LogP contribution in [0.5, 0.6) is 0 Å². The standard InChI is InChI=1S/C14H15N3O/c18-14(15-8-11-6-7-11)12-9-16-17(10-12)13-4-2-1-3-5-13/h1-5,9-11H,6-8H2,(H,15,18). The van der Waals surface area contributed by atoms with Crippen LogP contribution < -0.4 is 5.32 Å². The third-order valence-electron chi connectivity index (χ3n) is 3.11. The van der Waals surface area contributed by atoms with E-state index in [0.29, 0.717) is 11.5 Å². The number of amides is 1. The van der Waals surface area contributed by atoms with E-state index in [1.165, 1.54) is 12.8 Å². The first-order valence-electron chi connectivity index (χ1n) is 6.21. The van der Waals surface area contributed by atoms with Gasteiger partial charge < -0.3 is 5.32 Å². The highest BCUT2D eigenvalue weighted by atomic mass is 16.1. The maximum atomic E-state index is 11.9. The van der Waals surface area contributed by atoms with E-state index in [4.69, 9.17) is 0 Å². The number of hydrogen-bond donors (Lipinski definition) is 1. The maximum Gasteiger partial charge on any atom is 0.254 e. The van der Waals surface area contributed by atoms with E-state index in [1.54, 1.807) is 17.1 Å². The second-order valence-corrected chi connectivity index (χ2v) is 4.66. The fraction of sp³-hybridized carbons (Fsp3) is 0.286. The molecule has 1 fully saturated rings. The predicted octanol–water partition coefficient (Wildman–Crippen LogP) is 2.01. The second kappa shape index (κ2) is 4.64. The Hall–Kier alpha value is -2.10. The Morgan fingerprint density at radius 3 is 2.83 bits per heavy atom. The van der Waals surface area contributed by atoms with Crippen molar-refractivity contribution in [2.45, 2.75) is 12.8 Å². The lowest BCUT2D eigenvalue weighted by molar-refractivity contribution is 0.0952. The van der Waals surface area contributed by atoms with Crippen molar-refractivity contribution in [1.29, 1.82) is 0 Å². The summed E-state index contributed by atoms with van der Waals surface area (Å²) in [6.07, 6.45) is 5.85. The molecule has 1 N–H and O–H groups in total. The van der Waals surface area contributed by atoms with Gasteiger partial charge in [0, 0.05) is 12.7 Å². The zero-order valence-electron chi connectivity index (χ0n) is 10.0. The van der Waals surface area contributed by atoms with Crippen molar-refractivity contribution in [3.05, 3.63) is 48.3 Å². The lowest BCUT2D eigenvalue weighted by atomic mass is 10.3. The molecule has 0 atom stereocenters. The Morgan fingerprint density at radius 2 is 2.11 bits per heavy atom. The third-order valence-corrected chi connectivity index (χ3v) is 3.11. The molecule has 2 aromatic rings. The fourth-order valence-electron chi connectivity index (χ4n) is 1.82. The van der Waals surface area contributed by atoms with Crippen LogP contribution in [0.25, 0.3) is 5.69 Å². The molecular formula is C14H15N3O. The Morgan fingerprint density at radius 1 is 1.33 bits per heavy atom. The zero-order chi connectivity index (χ0) is 12.4. The van der Waals surface area contributed by atoms with Crippen molar-refractivity contribution in [1.82, 2.24) is 15.1 Å². The van der Waals surface area contributed by atoms with Gasteiger partial charge in [0.05, 0.1) is 17.4 Å². The normalized spacial score (nSPS) is 14.4. The number of carbonyl (C=O) groups is 1. The molecule has 3 rings (SSSR count). The first-order valence-corrected chi connectivity index (χ1v) is 6.21. The van der Waals surface area contributed by atoms with Crippen molar-refractivity contribution in [3.8, 4) is 5.69 Å². The van der Waals surface area contributed by atoms with Crippen molar-refractivity contribution < 1.29 is 4.79 Å². The minimum absolute atomic E-state index is 0.0379. The van der Waals surface area contributed by atoms with Crippen LogP contribution in [-0.4, -0.2) is 22.2 Å². The molecule has 18 heavy (non-hydrogen) atoms. The number of carbonyl (C=O) groups excluding carboxylic acids is 1. The van der Waals surface area contributed by atoms with Gasteiger partial charge >= 0.3 is 0 Å². The SMILES string of the molecule is O=C(NCC1CC1)c1cnn(-c2ccccc2)c1. The molecule has 0 spiro atoms. The molecule has 0 bridgehead atoms. The van der Waals surface area contributed by atoms with Crippen molar-refractivity contribution in [2.24, 2.45) is 5.92 Å². The summed E-state index contributed by atoms with van der Waals surface area (Å²) in [6.45, 7) is 0.787. The molecule has 1 amide bonds. The van der Waals surface area contributed by atoms with Crippen LogP contribution in [0.1, 0.15) is 23.2 Å². The van der Waals surface area contributed by atoms with Gasteiger partial charge in [-0.05, 0) is 30.9 Å². The number of benzene rings is 1. The average molecular weight is 241 g/mol. The van der Waals surface area contributed by atoms with E-state index in [2.05, 4.69) is 10.4 Å². The van der Waals surface area contributed by atoms with Gasteiger partial charge in [0.15, 0.2) is 0 Å². The lowest BCUT2D eigenvalue weighted by Gasteiger charge is -2.01. The fourth-order valence-corrected chi connectivity index (χ4v) is 1.82. The van der Waals surface area contributed by atoms with Gasteiger partial charge in [0.2, 0.25) is 0 Å².